The van der Waals surface area contributed by atoms with E-state index in [0.717, 1.165) is 23.2 Å². The number of rotatable bonds is 3. The van der Waals surface area contributed by atoms with Crippen molar-refractivity contribution in [3.63, 3.8) is 0 Å². The monoisotopic (exact) mass is 259 g/mol. The molecule has 0 atom stereocenters. The average Bonchev–Trinajstić information content (AvgIpc) is 2.53. The Morgan fingerprint density at radius 2 is 1.90 bits per heavy atom. The number of nitriles is 1. The van der Waals surface area contributed by atoms with E-state index in [1.165, 1.54) is 5.39 Å². The number of aromatic nitrogens is 1. The number of pyridine rings is 1. The minimum absolute atomic E-state index is 0.683. The van der Waals surface area contributed by atoms with Gasteiger partial charge in [0.15, 0.2) is 0 Å². The first-order chi connectivity index (χ1) is 9.86. The zero-order valence-corrected chi connectivity index (χ0v) is 10.9. The van der Waals surface area contributed by atoms with E-state index >= 15 is 0 Å². The fourth-order valence-electron chi connectivity index (χ4n) is 2.16. The van der Waals surface area contributed by atoms with Crippen LogP contribution in [0, 0.1) is 11.3 Å². The molecule has 20 heavy (non-hydrogen) atoms. The molecule has 3 nitrogen and oxygen atoms in total. The maximum atomic E-state index is 8.78. The first kappa shape index (κ1) is 12.2. The van der Waals surface area contributed by atoms with Crippen molar-refractivity contribution >= 4 is 16.5 Å². The van der Waals surface area contributed by atoms with E-state index in [1.807, 2.05) is 48.7 Å². The maximum Gasteiger partial charge on any atom is 0.0991 e. The topological polar surface area (TPSA) is 48.7 Å². The minimum Gasteiger partial charge on any atom is -0.380 e. The van der Waals surface area contributed by atoms with Crippen LogP contribution in [0.25, 0.3) is 10.8 Å². The summed E-state index contributed by atoms with van der Waals surface area (Å²) in [5.74, 6) is 0. The van der Waals surface area contributed by atoms with Gasteiger partial charge in [0.05, 0.1) is 11.6 Å². The lowest BCUT2D eigenvalue weighted by Gasteiger charge is -2.09. The Morgan fingerprint density at radius 3 is 2.70 bits per heavy atom. The Kier molecular flexibility index (Phi) is 3.30. The summed E-state index contributed by atoms with van der Waals surface area (Å²) in [6.45, 7) is 0.722. The predicted molar refractivity (Wildman–Crippen MR) is 80.2 cm³/mol. The van der Waals surface area contributed by atoms with Crippen LogP contribution in [-0.2, 0) is 6.54 Å². The highest BCUT2D eigenvalue weighted by Gasteiger charge is 2.00. The van der Waals surface area contributed by atoms with Crippen LogP contribution in [0.2, 0.25) is 0 Å². The van der Waals surface area contributed by atoms with E-state index in [1.54, 1.807) is 6.20 Å². The molecule has 0 saturated heterocycles. The molecule has 0 unspecified atom stereocenters. The largest absolute Gasteiger partial charge is 0.380 e. The van der Waals surface area contributed by atoms with Crippen LogP contribution in [0.4, 0.5) is 5.69 Å². The number of hydrogen-bond donors (Lipinski definition) is 1. The van der Waals surface area contributed by atoms with Gasteiger partial charge in [-0.3, -0.25) is 4.98 Å². The van der Waals surface area contributed by atoms with E-state index < -0.39 is 0 Å². The van der Waals surface area contributed by atoms with Crippen LogP contribution in [0.5, 0.6) is 0 Å². The minimum atomic E-state index is 0.683. The summed E-state index contributed by atoms with van der Waals surface area (Å²) in [6.07, 6.45) is 3.67. The summed E-state index contributed by atoms with van der Waals surface area (Å²) in [7, 11) is 0. The number of benzene rings is 2. The molecule has 0 radical (unpaired) electrons. The Labute approximate surface area is 117 Å². The molecular weight excluding hydrogens is 246 g/mol. The van der Waals surface area contributed by atoms with Gasteiger partial charge in [0, 0.05) is 30.0 Å². The Bertz CT molecular complexity index is 765. The summed E-state index contributed by atoms with van der Waals surface area (Å²) in [5.41, 5.74) is 2.90. The number of nitrogens with zero attached hydrogens (tertiary/aromatic N) is 2. The Morgan fingerprint density at radius 1 is 1.05 bits per heavy atom. The Balaban J connectivity index is 1.81. The van der Waals surface area contributed by atoms with E-state index in [9.17, 15) is 0 Å². The third-order valence-corrected chi connectivity index (χ3v) is 3.25. The molecule has 2 aromatic carbocycles. The lowest BCUT2D eigenvalue weighted by atomic mass is 10.1. The van der Waals surface area contributed by atoms with Gasteiger partial charge >= 0.3 is 0 Å². The molecule has 0 fully saturated rings. The molecule has 96 valence electrons. The molecule has 0 aliphatic heterocycles. The smallest absolute Gasteiger partial charge is 0.0991 e. The lowest BCUT2D eigenvalue weighted by Crippen LogP contribution is -2.00. The van der Waals surface area contributed by atoms with Gasteiger partial charge in [0.2, 0.25) is 0 Å². The second-order valence-corrected chi connectivity index (χ2v) is 4.56. The molecule has 0 saturated carbocycles. The van der Waals surface area contributed by atoms with E-state index in [0.29, 0.717) is 5.56 Å². The van der Waals surface area contributed by atoms with Crippen molar-refractivity contribution in [2.75, 3.05) is 5.32 Å². The van der Waals surface area contributed by atoms with Gasteiger partial charge in [0.25, 0.3) is 0 Å². The molecule has 1 N–H and O–H groups in total. The predicted octanol–water partition coefficient (Wildman–Crippen LogP) is 3.72. The molecule has 3 aromatic rings. The zero-order chi connectivity index (χ0) is 13.8. The van der Waals surface area contributed by atoms with Crippen molar-refractivity contribution < 1.29 is 0 Å². The van der Waals surface area contributed by atoms with Crippen molar-refractivity contribution in [1.29, 1.82) is 5.26 Å². The van der Waals surface area contributed by atoms with Gasteiger partial charge in [-0.1, -0.05) is 24.3 Å². The molecule has 3 rings (SSSR count). The number of fused-ring (bicyclic) bond motifs is 1. The van der Waals surface area contributed by atoms with Gasteiger partial charge in [-0.05, 0) is 35.2 Å². The summed E-state index contributed by atoms with van der Waals surface area (Å²) in [6, 6.07) is 17.9. The second kappa shape index (κ2) is 5.41. The fraction of sp³-hybridized carbons (Fsp3) is 0.0588. The van der Waals surface area contributed by atoms with Crippen LogP contribution >= 0.6 is 0 Å². The summed E-state index contributed by atoms with van der Waals surface area (Å²) >= 11 is 0. The molecule has 0 aliphatic rings. The van der Waals surface area contributed by atoms with Gasteiger partial charge in [-0.15, -0.1) is 0 Å². The van der Waals surface area contributed by atoms with Crippen LogP contribution in [0.3, 0.4) is 0 Å². The molecule has 0 spiro atoms. The van der Waals surface area contributed by atoms with E-state index in [2.05, 4.69) is 22.4 Å². The van der Waals surface area contributed by atoms with E-state index in [4.69, 9.17) is 5.26 Å². The number of anilines is 1. The quantitative estimate of drug-likeness (QED) is 0.779. The zero-order valence-electron chi connectivity index (χ0n) is 10.9. The van der Waals surface area contributed by atoms with Crippen LogP contribution in [0.1, 0.15) is 11.1 Å². The van der Waals surface area contributed by atoms with Gasteiger partial charge in [-0.25, -0.2) is 0 Å². The highest BCUT2D eigenvalue weighted by atomic mass is 14.9. The fourth-order valence-corrected chi connectivity index (χ4v) is 2.16. The normalized spacial score (nSPS) is 10.2. The third kappa shape index (κ3) is 2.45. The summed E-state index contributed by atoms with van der Waals surface area (Å²) in [5, 5.41) is 14.5. The second-order valence-electron chi connectivity index (χ2n) is 4.56. The summed E-state index contributed by atoms with van der Waals surface area (Å²) < 4.78 is 0. The van der Waals surface area contributed by atoms with Crippen molar-refractivity contribution in [3.05, 3.63) is 72.1 Å². The first-order valence-electron chi connectivity index (χ1n) is 6.42. The SMILES string of the molecule is N#Cc1ccc(CNc2cccc3ccncc23)cc1. The van der Waals surface area contributed by atoms with Gasteiger partial charge in [-0.2, -0.15) is 5.26 Å². The molecule has 0 bridgehead atoms. The van der Waals surface area contributed by atoms with Crippen LogP contribution < -0.4 is 5.32 Å². The number of hydrogen-bond acceptors (Lipinski definition) is 3. The molecular formula is C17H13N3. The molecule has 1 heterocycles. The first-order valence-corrected chi connectivity index (χ1v) is 6.42. The average molecular weight is 259 g/mol. The molecule has 3 heteroatoms. The molecule has 0 amide bonds. The standard InChI is InChI=1S/C17H13N3/c18-10-13-4-6-14(7-5-13)11-20-17-3-1-2-15-8-9-19-12-16(15)17/h1-9,12,20H,11H2. The lowest BCUT2D eigenvalue weighted by molar-refractivity contribution is 1.15. The number of nitrogens with one attached hydrogen (secondary N) is 1. The molecule has 0 aliphatic carbocycles. The van der Waals surface area contributed by atoms with Crippen molar-refractivity contribution in [2.24, 2.45) is 0 Å². The Hall–Kier alpha value is -2.86. The molecule has 1 aromatic heterocycles. The maximum absolute atomic E-state index is 8.78. The van der Waals surface area contributed by atoms with Crippen molar-refractivity contribution in [3.8, 4) is 6.07 Å². The highest BCUT2D eigenvalue weighted by molar-refractivity contribution is 5.93. The van der Waals surface area contributed by atoms with Crippen molar-refractivity contribution in [1.82, 2.24) is 4.98 Å². The van der Waals surface area contributed by atoms with Gasteiger partial charge < -0.3 is 5.32 Å². The summed E-state index contributed by atoms with van der Waals surface area (Å²) in [4.78, 5) is 4.18. The van der Waals surface area contributed by atoms with Crippen LogP contribution in [-0.4, -0.2) is 4.98 Å². The van der Waals surface area contributed by atoms with E-state index in [-0.39, 0.29) is 0 Å². The third-order valence-electron chi connectivity index (χ3n) is 3.25. The van der Waals surface area contributed by atoms with Gasteiger partial charge in [0.1, 0.15) is 0 Å². The highest BCUT2D eigenvalue weighted by Crippen LogP contribution is 2.22. The van der Waals surface area contributed by atoms with Crippen LogP contribution in [0.15, 0.2) is 60.9 Å². The van der Waals surface area contributed by atoms with Crippen molar-refractivity contribution in [2.45, 2.75) is 6.54 Å².